The van der Waals surface area contributed by atoms with Crippen molar-refractivity contribution in [1.29, 1.82) is 0 Å². The van der Waals surface area contributed by atoms with Crippen LogP contribution in [-0.2, 0) is 17.8 Å². The summed E-state index contributed by atoms with van der Waals surface area (Å²) in [5.74, 6) is -0.138. The van der Waals surface area contributed by atoms with E-state index < -0.39 is 5.97 Å². The van der Waals surface area contributed by atoms with Crippen LogP contribution in [0, 0.1) is 0 Å². The molecule has 2 aromatic rings. The number of nitrogens with zero attached hydrogens (tertiary/aromatic N) is 1. The molecule has 0 fully saturated rings. The van der Waals surface area contributed by atoms with Crippen LogP contribution in [0.4, 0.5) is 0 Å². The second-order valence-electron chi connectivity index (χ2n) is 4.83. The van der Waals surface area contributed by atoms with Gasteiger partial charge in [-0.1, -0.05) is 12.1 Å². The van der Waals surface area contributed by atoms with E-state index >= 15 is 0 Å². The van der Waals surface area contributed by atoms with E-state index in [1.807, 2.05) is 6.07 Å². The summed E-state index contributed by atoms with van der Waals surface area (Å²) in [6.45, 7) is 0.455. The van der Waals surface area contributed by atoms with Gasteiger partial charge < -0.3 is 14.4 Å². The van der Waals surface area contributed by atoms with Crippen LogP contribution in [0.3, 0.4) is 0 Å². The van der Waals surface area contributed by atoms with Crippen molar-refractivity contribution in [2.45, 2.75) is 19.4 Å². The Morgan fingerprint density at radius 1 is 1.19 bits per heavy atom. The zero-order chi connectivity index (χ0) is 15.2. The number of amides is 1. The van der Waals surface area contributed by atoms with E-state index in [2.05, 4.69) is 0 Å². The molecule has 1 aromatic heterocycles. The summed E-state index contributed by atoms with van der Waals surface area (Å²) in [5, 5.41) is 8.83. The summed E-state index contributed by atoms with van der Waals surface area (Å²) in [4.78, 5) is 24.4. The lowest BCUT2D eigenvalue weighted by molar-refractivity contribution is -0.130. The zero-order valence-corrected chi connectivity index (χ0v) is 11.8. The number of hydrogen-bond acceptors (Lipinski definition) is 3. The summed E-state index contributed by atoms with van der Waals surface area (Å²) in [6.07, 6.45) is 2.55. The summed E-state index contributed by atoms with van der Waals surface area (Å²) in [6, 6.07) is 10.2. The van der Waals surface area contributed by atoms with Crippen LogP contribution in [-0.4, -0.2) is 28.9 Å². The van der Waals surface area contributed by atoms with Crippen molar-refractivity contribution in [1.82, 2.24) is 4.90 Å². The fourth-order valence-electron chi connectivity index (χ4n) is 1.99. The fraction of sp³-hybridized carbons (Fsp3) is 0.250. The van der Waals surface area contributed by atoms with Gasteiger partial charge in [-0.2, -0.15) is 0 Å². The number of aryl methyl sites for hydroxylation is 1. The molecule has 5 nitrogen and oxygen atoms in total. The first kappa shape index (κ1) is 14.8. The highest BCUT2D eigenvalue weighted by Gasteiger charge is 2.11. The Bertz CT molecular complexity index is 602. The highest BCUT2D eigenvalue weighted by atomic mass is 16.4. The number of carbonyl (C=O) groups is 2. The SMILES string of the molecule is CN(Cc1ccc(C(=O)O)cc1)C(=O)CCc1ccco1. The third kappa shape index (κ3) is 4.21. The molecule has 0 saturated heterocycles. The average Bonchev–Trinajstić information content (AvgIpc) is 2.98. The first-order valence-corrected chi connectivity index (χ1v) is 6.65. The zero-order valence-electron chi connectivity index (χ0n) is 11.8. The highest BCUT2D eigenvalue weighted by molar-refractivity contribution is 5.87. The molecule has 1 amide bonds. The normalized spacial score (nSPS) is 10.3. The van der Waals surface area contributed by atoms with Gasteiger partial charge in [0.15, 0.2) is 0 Å². The number of hydrogen-bond donors (Lipinski definition) is 1. The largest absolute Gasteiger partial charge is 0.478 e. The van der Waals surface area contributed by atoms with Crippen molar-refractivity contribution in [3.05, 3.63) is 59.5 Å². The highest BCUT2D eigenvalue weighted by Crippen LogP contribution is 2.09. The van der Waals surface area contributed by atoms with Crippen molar-refractivity contribution in [3.8, 4) is 0 Å². The van der Waals surface area contributed by atoms with Gasteiger partial charge in [0.2, 0.25) is 5.91 Å². The molecule has 2 rings (SSSR count). The first-order chi connectivity index (χ1) is 10.1. The lowest BCUT2D eigenvalue weighted by Crippen LogP contribution is -2.26. The number of aromatic carboxylic acids is 1. The minimum Gasteiger partial charge on any atom is -0.478 e. The summed E-state index contributed by atoms with van der Waals surface area (Å²) in [5.41, 5.74) is 1.14. The van der Waals surface area contributed by atoms with Crippen LogP contribution in [0.5, 0.6) is 0 Å². The predicted octanol–water partition coefficient (Wildman–Crippen LogP) is 2.57. The van der Waals surface area contributed by atoms with Crippen LogP contribution < -0.4 is 0 Å². The molecule has 0 aliphatic rings. The quantitative estimate of drug-likeness (QED) is 0.886. The number of carboxylic acids is 1. The molecule has 0 aliphatic heterocycles. The molecule has 0 saturated carbocycles. The molecule has 0 aliphatic carbocycles. The van der Waals surface area contributed by atoms with Crippen molar-refractivity contribution >= 4 is 11.9 Å². The van der Waals surface area contributed by atoms with E-state index in [1.165, 1.54) is 0 Å². The van der Waals surface area contributed by atoms with E-state index in [4.69, 9.17) is 9.52 Å². The molecule has 0 radical (unpaired) electrons. The second kappa shape index (κ2) is 6.74. The maximum Gasteiger partial charge on any atom is 0.335 e. The fourth-order valence-corrected chi connectivity index (χ4v) is 1.99. The monoisotopic (exact) mass is 287 g/mol. The van der Waals surface area contributed by atoms with E-state index in [0.717, 1.165) is 11.3 Å². The molecule has 0 spiro atoms. The Hall–Kier alpha value is -2.56. The van der Waals surface area contributed by atoms with Gasteiger partial charge >= 0.3 is 5.97 Å². The Morgan fingerprint density at radius 3 is 2.48 bits per heavy atom. The Kier molecular flexibility index (Phi) is 4.77. The summed E-state index contributed by atoms with van der Waals surface area (Å²) in [7, 11) is 1.73. The van der Waals surface area contributed by atoms with E-state index in [0.29, 0.717) is 19.4 Å². The van der Waals surface area contributed by atoms with E-state index in [-0.39, 0.29) is 11.5 Å². The third-order valence-electron chi connectivity index (χ3n) is 3.21. The molecule has 0 atom stereocenters. The molecular formula is C16H17NO4. The maximum absolute atomic E-state index is 12.0. The number of rotatable bonds is 6. The Balaban J connectivity index is 1.86. The van der Waals surface area contributed by atoms with Gasteiger partial charge in [0.1, 0.15) is 5.76 Å². The van der Waals surface area contributed by atoms with Crippen molar-refractivity contribution in [2.24, 2.45) is 0 Å². The van der Waals surface area contributed by atoms with Crippen LogP contribution >= 0.6 is 0 Å². The molecule has 0 bridgehead atoms. The van der Waals surface area contributed by atoms with E-state index in [1.54, 1.807) is 48.5 Å². The smallest absolute Gasteiger partial charge is 0.335 e. The van der Waals surface area contributed by atoms with Gasteiger partial charge in [0, 0.05) is 26.4 Å². The molecule has 1 aromatic carbocycles. The lowest BCUT2D eigenvalue weighted by atomic mass is 10.1. The summed E-state index contributed by atoms with van der Waals surface area (Å²) >= 11 is 0. The third-order valence-corrected chi connectivity index (χ3v) is 3.21. The van der Waals surface area contributed by atoms with Gasteiger partial charge in [-0.25, -0.2) is 4.79 Å². The molecular weight excluding hydrogens is 270 g/mol. The van der Waals surface area contributed by atoms with Crippen LogP contribution in [0.15, 0.2) is 47.1 Å². The molecule has 5 heteroatoms. The standard InChI is InChI=1S/C16H17NO4/c1-17(15(18)9-8-14-3-2-10-21-14)11-12-4-6-13(7-5-12)16(19)20/h2-7,10H,8-9,11H2,1H3,(H,19,20). The van der Waals surface area contributed by atoms with Gasteiger partial charge in [-0.05, 0) is 29.8 Å². The van der Waals surface area contributed by atoms with Gasteiger partial charge in [0.05, 0.1) is 11.8 Å². The molecule has 1 N–H and O–H groups in total. The van der Waals surface area contributed by atoms with Gasteiger partial charge in [-0.3, -0.25) is 4.79 Å². The minimum atomic E-state index is -0.954. The van der Waals surface area contributed by atoms with Gasteiger partial charge in [-0.15, -0.1) is 0 Å². The molecule has 21 heavy (non-hydrogen) atoms. The molecule has 0 unspecified atom stereocenters. The van der Waals surface area contributed by atoms with Crippen molar-refractivity contribution in [3.63, 3.8) is 0 Å². The van der Waals surface area contributed by atoms with Crippen molar-refractivity contribution in [2.75, 3.05) is 7.05 Å². The topological polar surface area (TPSA) is 70.8 Å². The Morgan fingerprint density at radius 2 is 1.90 bits per heavy atom. The predicted molar refractivity (Wildman–Crippen MR) is 76.9 cm³/mol. The maximum atomic E-state index is 12.0. The Labute approximate surface area is 122 Å². The lowest BCUT2D eigenvalue weighted by Gasteiger charge is -2.17. The first-order valence-electron chi connectivity index (χ1n) is 6.65. The minimum absolute atomic E-state index is 0.0220. The van der Waals surface area contributed by atoms with Crippen molar-refractivity contribution < 1.29 is 19.1 Å². The average molecular weight is 287 g/mol. The van der Waals surface area contributed by atoms with Crippen LogP contribution in [0.1, 0.15) is 28.1 Å². The number of carbonyl (C=O) groups excluding carboxylic acids is 1. The van der Waals surface area contributed by atoms with Crippen LogP contribution in [0.25, 0.3) is 0 Å². The molecule has 1 heterocycles. The molecule has 110 valence electrons. The number of benzene rings is 1. The second-order valence-corrected chi connectivity index (χ2v) is 4.83. The van der Waals surface area contributed by atoms with Crippen LogP contribution in [0.2, 0.25) is 0 Å². The number of furan rings is 1. The van der Waals surface area contributed by atoms with Gasteiger partial charge in [0.25, 0.3) is 0 Å². The number of carboxylic acid groups (broad SMARTS) is 1. The van der Waals surface area contributed by atoms with E-state index in [9.17, 15) is 9.59 Å². The summed E-state index contributed by atoms with van der Waals surface area (Å²) < 4.78 is 5.19.